The maximum atomic E-state index is 12.4. The van der Waals surface area contributed by atoms with Gasteiger partial charge in [0, 0.05) is 5.56 Å². The molecule has 1 aromatic rings. The highest BCUT2D eigenvalue weighted by Gasteiger charge is 2.30. The van der Waals surface area contributed by atoms with Crippen molar-refractivity contribution in [2.24, 2.45) is 0 Å². The lowest BCUT2D eigenvalue weighted by molar-refractivity contribution is -0.209. The highest BCUT2D eigenvalue weighted by atomic mass is 17.2. The molecule has 0 aromatic heterocycles. The lowest BCUT2D eigenvalue weighted by Gasteiger charge is -2.22. The predicted octanol–water partition coefficient (Wildman–Crippen LogP) is 9.19. The Kier molecular flexibility index (Phi) is 18.8. The number of hydrogen-bond acceptors (Lipinski definition) is 5. The number of benzene rings is 1. The number of rotatable bonds is 24. The van der Waals surface area contributed by atoms with Gasteiger partial charge in [0.15, 0.2) is 11.5 Å². The van der Waals surface area contributed by atoms with Gasteiger partial charge >= 0.3 is 5.97 Å². The van der Waals surface area contributed by atoms with Gasteiger partial charge in [-0.25, -0.2) is 4.79 Å². The summed E-state index contributed by atoms with van der Waals surface area (Å²) in [7, 11) is 0. The van der Waals surface area contributed by atoms with Crippen molar-refractivity contribution in [2.75, 3.05) is 13.2 Å². The molecule has 0 aliphatic rings. The van der Waals surface area contributed by atoms with Crippen molar-refractivity contribution in [2.45, 2.75) is 143 Å². The summed E-state index contributed by atoms with van der Waals surface area (Å²) in [4.78, 5) is 23.5. The average molecular weight is 523 g/mol. The van der Waals surface area contributed by atoms with E-state index >= 15 is 0 Å². The van der Waals surface area contributed by atoms with Crippen LogP contribution in [0.5, 0.6) is 17.2 Å². The Morgan fingerprint density at radius 2 is 1.11 bits per heavy atom. The van der Waals surface area contributed by atoms with Gasteiger partial charge in [-0.15, -0.1) is 0 Å². The first-order valence-corrected chi connectivity index (χ1v) is 15.1. The molecule has 37 heavy (non-hydrogen) atoms. The van der Waals surface area contributed by atoms with Gasteiger partial charge in [0.1, 0.15) is 5.56 Å². The molecule has 0 unspecified atom stereocenters. The van der Waals surface area contributed by atoms with Crippen LogP contribution in [-0.2, 0) is 17.7 Å². The van der Waals surface area contributed by atoms with E-state index in [4.69, 9.17) is 14.5 Å². The summed E-state index contributed by atoms with van der Waals surface area (Å²) < 4.78 is 6.29. The highest BCUT2D eigenvalue weighted by molar-refractivity contribution is 5.95. The van der Waals surface area contributed by atoms with Crippen molar-refractivity contribution in [3.05, 3.63) is 16.7 Å². The number of aromatic carboxylic acids is 1. The largest absolute Gasteiger partial charge is 0.503 e. The van der Waals surface area contributed by atoms with Crippen molar-refractivity contribution in [3.8, 4) is 17.2 Å². The Balaban J connectivity index is 3.31. The molecule has 1 aromatic carbocycles. The summed E-state index contributed by atoms with van der Waals surface area (Å²) in [5.74, 6) is -1.04. The van der Waals surface area contributed by atoms with Crippen LogP contribution < -0.4 is 9.62 Å². The van der Waals surface area contributed by atoms with Gasteiger partial charge in [-0.2, -0.15) is 4.89 Å². The molecule has 0 spiro atoms. The van der Waals surface area contributed by atoms with E-state index in [1.54, 1.807) is 0 Å². The van der Waals surface area contributed by atoms with Crippen molar-refractivity contribution < 1.29 is 29.5 Å². The molecule has 0 bridgehead atoms. The van der Waals surface area contributed by atoms with Crippen molar-refractivity contribution in [1.82, 2.24) is 0 Å². The summed E-state index contributed by atoms with van der Waals surface area (Å²) in [5.41, 5.74) is 1.47. The molecule has 6 heteroatoms. The number of carboxylic acids is 1. The van der Waals surface area contributed by atoms with Crippen LogP contribution in [0.2, 0.25) is 0 Å². The number of unbranched alkanes of at least 4 members (excludes halogenated alkanes) is 12. The highest BCUT2D eigenvalue weighted by Crippen LogP contribution is 2.46. The molecule has 0 saturated heterocycles. The van der Waals surface area contributed by atoms with Gasteiger partial charge in [0.2, 0.25) is 5.75 Å². The second-order valence-electron chi connectivity index (χ2n) is 10.1. The lowest BCUT2D eigenvalue weighted by atomic mass is 9.90. The van der Waals surface area contributed by atoms with Gasteiger partial charge in [0.25, 0.3) is 0 Å². The second-order valence-corrected chi connectivity index (χ2v) is 10.1. The second kappa shape index (κ2) is 21.0. The standard InChI is InChI=1S/C31H54O6/c1-5-9-13-15-19-23-35-29-26(22-18-12-8-4)25(21-17-11-7-3)27(31(33)34)28(32)30(29)37-36-24-20-16-14-10-6-2/h32H,5-24H2,1-4H3,(H,33,34). The van der Waals surface area contributed by atoms with Gasteiger partial charge < -0.3 is 19.8 Å². The first kappa shape index (κ1) is 33.1. The zero-order chi connectivity index (χ0) is 27.3. The monoisotopic (exact) mass is 522 g/mol. The van der Waals surface area contributed by atoms with E-state index in [0.29, 0.717) is 37.4 Å². The Bertz CT molecular complexity index is 746. The van der Waals surface area contributed by atoms with Crippen molar-refractivity contribution >= 4 is 5.97 Å². The average Bonchev–Trinajstić information content (AvgIpc) is 2.88. The zero-order valence-electron chi connectivity index (χ0n) is 24.2. The molecule has 1 rings (SSSR count). The first-order chi connectivity index (χ1) is 18.0. The molecule has 0 saturated carbocycles. The number of aromatic hydroxyl groups is 1. The van der Waals surface area contributed by atoms with E-state index in [1.165, 1.54) is 32.1 Å². The summed E-state index contributed by atoms with van der Waals surface area (Å²) in [6.07, 6.45) is 18.1. The number of hydrogen-bond donors (Lipinski definition) is 2. The summed E-state index contributed by atoms with van der Waals surface area (Å²) in [6, 6.07) is 0. The minimum Gasteiger partial charge on any atom is -0.503 e. The zero-order valence-corrected chi connectivity index (χ0v) is 24.2. The van der Waals surface area contributed by atoms with E-state index in [2.05, 4.69) is 27.7 Å². The molecule has 0 aliphatic carbocycles. The van der Waals surface area contributed by atoms with Crippen LogP contribution in [0, 0.1) is 0 Å². The summed E-state index contributed by atoms with van der Waals surface area (Å²) in [6.45, 7) is 9.53. The molecule has 0 amide bonds. The quantitative estimate of drug-likeness (QED) is 0.0799. The first-order valence-electron chi connectivity index (χ1n) is 15.1. The number of ether oxygens (including phenoxy) is 1. The van der Waals surface area contributed by atoms with Crippen molar-refractivity contribution in [1.29, 1.82) is 0 Å². The summed E-state index contributed by atoms with van der Waals surface area (Å²) >= 11 is 0. The number of phenols is 1. The SMILES string of the molecule is CCCCCCCOOc1c(O)c(C(=O)O)c(CCCCC)c(CCCCC)c1OCCCCCCC. The van der Waals surface area contributed by atoms with Crippen LogP contribution in [0.1, 0.15) is 152 Å². The van der Waals surface area contributed by atoms with Crippen LogP contribution in [0.25, 0.3) is 0 Å². The number of carbonyl (C=O) groups is 1. The normalized spacial score (nSPS) is 11.1. The maximum Gasteiger partial charge on any atom is 0.339 e. The molecule has 0 aliphatic heterocycles. The number of carboxylic acid groups (broad SMARTS) is 1. The fourth-order valence-electron chi connectivity index (χ4n) is 4.64. The molecule has 2 N–H and O–H groups in total. The predicted molar refractivity (Wildman–Crippen MR) is 151 cm³/mol. The van der Waals surface area contributed by atoms with Gasteiger partial charge in [-0.3, -0.25) is 0 Å². The van der Waals surface area contributed by atoms with Crippen molar-refractivity contribution in [3.63, 3.8) is 0 Å². The Hall–Kier alpha value is -1.95. The van der Waals surface area contributed by atoms with E-state index < -0.39 is 5.97 Å². The smallest absolute Gasteiger partial charge is 0.339 e. The molecule has 0 fully saturated rings. The van der Waals surface area contributed by atoms with Crippen LogP contribution in [0.3, 0.4) is 0 Å². The topological polar surface area (TPSA) is 85.2 Å². The van der Waals surface area contributed by atoms with Gasteiger partial charge in [-0.05, 0) is 44.1 Å². The lowest BCUT2D eigenvalue weighted by Crippen LogP contribution is -2.13. The Labute approximate surface area is 226 Å². The molecular formula is C31H54O6. The molecule has 214 valence electrons. The third-order valence-electron chi connectivity index (χ3n) is 6.84. The molecule has 0 atom stereocenters. The minimum absolute atomic E-state index is 0.0188. The van der Waals surface area contributed by atoms with E-state index in [0.717, 1.165) is 76.2 Å². The molecule has 0 radical (unpaired) electrons. The minimum atomic E-state index is -1.14. The Morgan fingerprint density at radius 1 is 0.622 bits per heavy atom. The Morgan fingerprint density at radius 3 is 1.65 bits per heavy atom. The third kappa shape index (κ3) is 12.4. The van der Waals surface area contributed by atoms with E-state index in [-0.39, 0.29) is 17.1 Å². The fraction of sp³-hybridized carbons (Fsp3) is 0.774. The van der Waals surface area contributed by atoms with E-state index in [1.807, 2.05) is 0 Å². The third-order valence-corrected chi connectivity index (χ3v) is 6.84. The summed E-state index contributed by atoms with van der Waals surface area (Å²) in [5, 5.41) is 21.3. The van der Waals surface area contributed by atoms with Crippen LogP contribution in [0.15, 0.2) is 0 Å². The molecular weight excluding hydrogens is 468 g/mol. The van der Waals surface area contributed by atoms with Crippen LogP contribution in [-0.4, -0.2) is 29.4 Å². The fourth-order valence-corrected chi connectivity index (χ4v) is 4.64. The van der Waals surface area contributed by atoms with Crippen LogP contribution >= 0.6 is 0 Å². The molecule has 0 heterocycles. The van der Waals surface area contributed by atoms with E-state index in [9.17, 15) is 15.0 Å². The van der Waals surface area contributed by atoms with Gasteiger partial charge in [0.05, 0.1) is 13.2 Å². The van der Waals surface area contributed by atoms with Crippen LogP contribution in [0.4, 0.5) is 0 Å². The molecule has 6 nitrogen and oxygen atoms in total. The van der Waals surface area contributed by atoms with Gasteiger partial charge in [-0.1, -0.05) is 105 Å². The maximum absolute atomic E-state index is 12.4.